The summed E-state index contributed by atoms with van der Waals surface area (Å²) >= 11 is 0. The molecular weight excluding hydrogens is 430 g/mol. The molecule has 1 fully saturated rings. The van der Waals surface area contributed by atoms with Crippen LogP contribution in [0.4, 0.5) is 17.3 Å². The number of aromatic nitrogens is 5. The van der Waals surface area contributed by atoms with Gasteiger partial charge < -0.3 is 24.8 Å². The van der Waals surface area contributed by atoms with E-state index < -0.39 is 0 Å². The van der Waals surface area contributed by atoms with Gasteiger partial charge in [-0.05, 0) is 35.9 Å². The molecule has 0 aromatic carbocycles. The Labute approximate surface area is 196 Å². The van der Waals surface area contributed by atoms with E-state index in [-0.39, 0.29) is 0 Å². The van der Waals surface area contributed by atoms with Crippen LogP contribution in [0.25, 0.3) is 22.5 Å². The Morgan fingerprint density at radius 2 is 1.82 bits per heavy atom. The maximum Gasteiger partial charge on any atom is 0.252 e. The maximum atomic E-state index is 5.55. The zero-order valence-corrected chi connectivity index (χ0v) is 18.9. The van der Waals surface area contributed by atoms with Crippen LogP contribution in [0.3, 0.4) is 0 Å². The van der Waals surface area contributed by atoms with Crippen molar-refractivity contribution in [3.63, 3.8) is 0 Å². The summed E-state index contributed by atoms with van der Waals surface area (Å²) in [5.74, 6) is 3.24. The summed E-state index contributed by atoms with van der Waals surface area (Å²) < 4.78 is 7.74. The Hall–Kier alpha value is -4.05. The van der Waals surface area contributed by atoms with E-state index in [0.717, 1.165) is 73.4 Å². The summed E-state index contributed by atoms with van der Waals surface area (Å²) in [6, 6.07) is 10.0. The van der Waals surface area contributed by atoms with E-state index in [1.54, 1.807) is 19.5 Å². The Balaban J connectivity index is 1.41. The topological polar surface area (TPSA) is 105 Å². The first-order valence-corrected chi connectivity index (χ1v) is 11.4. The lowest BCUT2D eigenvalue weighted by Crippen LogP contribution is -2.43. The minimum absolute atomic E-state index is 0.376. The molecule has 4 aliphatic rings. The summed E-state index contributed by atoms with van der Waals surface area (Å²) in [6.45, 7) is 5.39. The molecule has 0 aliphatic carbocycles. The zero-order chi connectivity index (χ0) is 22.9. The van der Waals surface area contributed by atoms with Crippen molar-refractivity contribution in [3.05, 3.63) is 54.5 Å². The smallest absolute Gasteiger partial charge is 0.252 e. The third-order valence-electron chi connectivity index (χ3n) is 6.16. The number of pyridine rings is 3. The van der Waals surface area contributed by atoms with Crippen LogP contribution in [0.2, 0.25) is 0 Å². The van der Waals surface area contributed by atoms with Crippen molar-refractivity contribution < 1.29 is 4.74 Å². The Kier molecular flexibility index (Phi) is 5.27. The van der Waals surface area contributed by atoms with E-state index in [4.69, 9.17) is 9.72 Å². The van der Waals surface area contributed by atoms with Crippen LogP contribution in [0.5, 0.6) is 5.88 Å². The number of piperazine rings is 1. The van der Waals surface area contributed by atoms with Gasteiger partial charge >= 0.3 is 0 Å². The van der Waals surface area contributed by atoms with Crippen LogP contribution >= 0.6 is 0 Å². The number of methoxy groups -OCH3 is 1. The number of nitrogens with one attached hydrogen (secondary N) is 2. The molecule has 0 saturated carbocycles. The van der Waals surface area contributed by atoms with Crippen molar-refractivity contribution in [2.45, 2.75) is 6.54 Å². The molecule has 0 atom stereocenters. The van der Waals surface area contributed by atoms with E-state index in [9.17, 15) is 0 Å². The monoisotopic (exact) mass is 455 g/mol. The van der Waals surface area contributed by atoms with Gasteiger partial charge in [0.1, 0.15) is 23.1 Å². The van der Waals surface area contributed by atoms with Crippen molar-refractivity contribution >= 4 is 17.3 Å². The number of anilines is 2. The first-order valence-electron chi connectivity index (χ1n) is 11.4. The van der Waals surface area contributed by atoms with Crippen LogP contribution in [0, 0.1) is 0 Å². The Morgan fingerprint density at radius 3 is 2.65 bits per heavy atom. The van der Waals surface area contributed by atoms with Gasteiger partial charge in [0.05, 0.1) is 7.11 Å². The predicted molar refractivity (Wildman–Crippen MR) is 129 cm³/mol. The average molecular weight is 456 g/mol. The minimum atomic E-state index is 0.376. The lowest BCUT2D eigenvalue weighted by molar-refractivity contribution is 0.398. The molecule has 0 spiro atoms. The number of fused-ring (bicyclic) bond motifs is 3. The highest BCUT2D eigenvalue weighted by molar-refractivity contribution is 5.82. The quantitative estimate of drug-likeness (QED) is 0.481. The molecule has 10 heteroatoms. The van der Waals surface area contributed by atoms with Gasteiger partial charge in [0, 0.05) is 69.0 Å². The molecule has 0 radical (unpaired) electrons. The molecule has 4 aliphatic heterocycles. The van der Waals surface area contributed by atoms with Crippen molar-refractivity contribution in [2.75, 3.05) is 50.1 Å². The lowest BCUT2D eigenvalue weighted by atomic mass is 10.0. The van der Waals surface area contributed by atoms with Gasteiger partial charge in [-0.2, -0.15) is 9.97 Å². The van der Waals surface area contributed by atoms with Crippen molar-refractivity contribution in [3.8, 4) is 28.4 Å². The van der Waals surface area contributed by atoms with Crippen LogP contribution in [-0.2, 0) is 6.54 Å². The first-order chi connectivity index (χ1) is 16.8. The van der Waals surface area contributed by atoms with Crippen molar-refractivity contribution in [1.82, 2.24) is 29.8 Å². The standard InChI is InChI=1S/C24H25N9O/c1-34-23-19(2-3-20(30-23)32-11-8-26-9-12-32)29-24-28-15-17-14-18(16-4-6-25-7-5-16)22-27-10-13-33(22)21(17)31-24/h2-7,14-15,26-27H,8-13H2,1H3. The summed E-state index contributed by atoms with van der Waals surface area (Å²) in [7, 11) is 1.61. The fourth-order valence-corrected chi connectivity index (χ4v) is 4.50. The van der Waals surface area contributed by atoms with Gasteiger partial charge in [-0.1, -0.05) is 0 Å². The number of hydrogen-bond acceptors (Lipinski definition) is 9. The lowest BCUT2D eigenvalue weighted by Gasteiger charge is -2.28. The molecule has 10 nitrogen and oxygen atoms in total. The van der Waals surface area contributed by atoms with Crippen molar-refractivity contribution in [2.24, 2.45) is 4.99 Å². The first kappa shape index (κ1) is 20.5. The summed E-state index contributed by atoms with van der Waals surface area (Å²) in [5.41, 5.74) is 4.14. The van der Waals surface area contributed by atoms with Crippen LogP contribution in [0.1, 0.15) is 0 Å². The molecule has 2 aromatic rings. The number of ether oxygens (including phenoxy) is 1. The number of nitrogens with zero attached hydrogens (tertiary/aromatic N) is 7. The number of hydrogen-bond donors (Lipinski definition) is 2. The Morgan fingerprint density at radius 1 is 0.971 bits per heavy atom. The predicted octanol–water partition coefficient (Wildman–Crippen LogP) is 1.92. The van der Waals surface area contributed by atoms with Crippen LogP contribution < -0.4 is 25.9 Å². The summed E-state index contributed by atoms with van der Waals surface area (Å²) in [5, 5.41) is 6.85. The highest BCUT2D eigenvalue weighted by atomic mass is 16.5. The van der Waals surface area contributed by atoms with E-state index >= 15 is 0 Å². The molecule has 0 unspecified atom stereocenters. The molecular formula is C24H25N9O. The second-order valence-corrected chi connectivity index (χ2v) is 8.22. The van der Waals surface area contributed by atoms with Gasteiger partial charge in [0.15, 0.2) is 0 Å². The maximum absolute atomic E-state index is 5.55. The second-order valence-electron chi connectivity index (χ2n) is 8.22. The molecule has 0 amide bonds. The SMILES string of the molecule is COc1nc(N2CCNCC2)ccc1N=c1ncc2cc(-c3ccncc3)c3n(c-2n1)CCN3. The molecule has 6 heterocycles. The minimum Gasteiger partial charge on any atom is -0.479 e. The molecule has 172 valence electrons. The highest BCUT2D eigenvalue weighted by Gasteiger charge is 2.22. The van der Waals surface area contributed by atoms with Crippen LogP contribution in [0.15, 0.2) is 53.9 Å². The van der Waals surface area contributed by atoms with E-state index in [1.165, 1.54) is 0 Å². The second kappa shape index (κ2) is 8.71. The van der Waals surface area contributed by atoms with Gasteiger partial charge in [-0.25, -0.2) is 9.98 Å². The van der Waals surface area contributed by atoms with Crippen LogP contribution in [-0.4, -0.2) is 64.3 Å². The fourth-order valence-electron chi connectivity index (χ4n) is 4.50. The van der Waals surface area contributed by atoms with Gasteiger partial charge in [0.25, 0.3) is 5.62 Å². The molecule has 1 saturated heterocycles. The van der Waals surface area contributed by atoms with E-state index in [1.807, 2.05) is 30.5 Å². The molecule has 2 N–H and O–H groups in total. The zero-order valence-electron chi connectivity index (χ0n) is 18.9. The van der Waals surface area contributed by atoms with E-state index in [0.29, 0.717) is 17.2 Å². The summed E-state index contributed by atoms with van der Waals surface area (Å²) in [6.07, 6.45) is 5.43. The average Bonchev–Trinajstić information content (AvgIpc) is 3.40. The molecule has 2 aromatic heterocycles. The van der Waals surface area contributed by atoms with E-state index in [2.05, 4.69) is 46.1 Å². The van der Waals surface area contributed by atoms with Gasteiger partial charge in [0.2, 0.25) is 5.88 Å². The normalized spacial score (nSPS) is 15.9. The van der Waals surface area contributed by atoms with Gasteiger partial charge in [-0.15, -0.1) is 0 Å². The third-order valence-corrected chi connectivity index (χ3v) is 6.16. The molecule has 34 heavy (non-hydrogen) atoms. The summed E-state index contributed by atoms with van der Waals surface area (Å²) in [4.78, 5) is 25.1. The van der Waals surface area contributed by atoms with Gasteiger partial charge in [-0.3, -0.25) is 4.98 Å². The Bertz CT molecular complexity index is 1360. The molecule has 0 bridgehead atoms. The highest BCUT2D eigenvalue weighted by Crippen LogP contribution is 2.36. The third kappa shape index (κ3) is 3.71. The molecule has 6 rings (SSSR count). The fraction of sp³-hybridized carbons (Fsp3) is 0.292. The largest absolute Gasteiger partial charge is 0.479 e. The van der Waals surface area contributed by atoms with Crippen molar-refractivity contribution in [1.29, 1.82) is 0 Å². The number of rotatable bonds is 4.